The van der Waals surface area contributed by atoms with Crippen molar-refractivity contribution in [3.63, 3.8) is 0 Å². The Hall–Kier alpha value is -1.36. The van der Waals surface area contributed by atoms with Crippen molar-refractivity contribution in [3.8, 4) is 0 Å². The zero-order chi connectivity index (χ0) is 13.4. The normalized spacial score (nSPS) is 23.2. The van der Waals surface area contributed by atoms with Crippen molar-refractivity contribution in [2.75, 3.05) is 16.9 Å². The van der Waals surface area contributed by atoms with Gasteiger partial charge in [-0.15, -0.1) is 0 Å². The first-order valence-corrected chi connectivity index (χ1v) is 7.31. The van der Waals surface area contributed by atoms with Crippen molar-refractivity contribution >= 4 is 11.6 Å². The van der Waals surface area contributed by atoms with Crippen LogP contribution >= 0.6 is 0 Å². The molecule has 2 fully saturated rings. The molecule has 0 bridgehead atoms. The quantitative estimate of drug-likeness (QED) is 0.643. The fraction of sp³-hybridized carbons (Fsp3) is 0.714. The molecule has 19 heavy (non-hydrogen) atoms. The van der Waals surface area contributed by atoms with Crippen LogP contribution in [0.15, 0.2) is 6.07 Å². The zero-order valence-corrected chi connectivity index (χ0v) is 11.8. The Bertz CT molecular complexity index is 455. The van der Waals surface area contributed by atoms with Gasteiger partial charge in [0.1, 0.15) is 17.5 Å². The number of nitrogens with two attached hydrogens (primary N) is 1. The summed E-state index contributed by atoms with van der Waals surface area (Å²) in [4.78, 5) is 11.7. The molecule has 1 aromatic rings. The van der Waals surface area contributed by atoms with Crippen LogP contribution in [0.3, 0.4) is 0 Å². The Balaban J connectivity index is 1.92. The molecule has 1 saturated carbocycles. The first-order valence-electron chi connectivity index (χ1n) is 7.31. The Labute approximate surface area is 114 Å². The van der Waals surface area contributed by atoms with Gasteiger partial charge >= 0.3 is 0 Å². The maximum Gasteiger partial charge on any atom is 0.145 e. The number of aromatic nitrogens is 2. The molecule has 1 unspecified atom stereocenters. The fourth-order valence-corrected chi connectivity index (χ4v) is 2.97. The number of hydrogen-bond donors (Lipinski definition) is 2. The third-order valence-corrected chi connectivity index (χ3v) is 4.18. The van der Waals surface area contributed by atoms with Crippen LogP contribution in [0.2, 0.25) is 0 Å². The molecule has 0 aromatic carbocycles. The highest BCUT2D eigenvalue weighted by Gasteiger charge is 2.31. The summed E-state index contributed by atoms with van der Waals surface area (Å²) >= 11 is 0. The molecular formula is C14H23N5. The summed E-state index contributed by atoms with van der Waals surface area (Å²) in [6.07, 6.45) is 4.92. The molecule has 1 aliphatic heterocycles. The van der Waals surface area contributed by atoms with Gasteiger partial charge in [0, 0.05) is 24.6 Å². The Kier molecular flexibility index (Phi) is 3.31. The Morgan fingerprint density at radius 3 is 2.74 bits per heavy atom. The third-order valence-electron chi connectivity index (χ3n) is 4.18. The lowest BCUT2D eigenvalue weighted by Crippen LogP contribution is -2.34. The minimum absolute atomic E-state index is 0.548. The lowest BCUT2D eigenvalue weighted by atomic mass is 10.0. The Morgan fingerprint density at radius 2 is 2.11 bits per heavy atom. The molecule has 0 spiro atoms. The lowest BCUT2D eigenvalue weighted by molar-refractivity contribution is 0.489. The maximum atomic E-state index is 5.54. The molecule has 1 aromatic heterocycles. The van der Waals surface area contributed by atoms with E-state index in [1.165, 1.54) is 25.7 Å². The topological polar surface area (TPSA) is 67.1 Å². The predicted octanol–water partition coefficient (Wildman–Crippen LogP) is 2.26. The van der Waals surface area contributed by atoms with Gasteiger partial charge in [-0.05, 0) is 31.6 Å². The van der Waals surface area contributed by atoms with E-state index < -0.39 is 0 Å². The summed E-state index contributed by atoms with van der Waals surface area (Å²) < 4.78 is 0. The molecule has 2 aliphatic rings. The molecule has 1 atom stereocenters. The van der Waals surface area contributed by atoms with Gasteiger partial charge in [0.25, 0.3) is 0 Å². The molecule has 3 rings (SSSR count). The van der Waals surface area contributed by atoms with Crippen LogP contribution in [0.1, 0.15) is 51.3 Å². The molecule has 1 saturated heterocycles. The number of hydrogen-bond acceptors (Lipinski definition) is 5. The van der Waals surface area contributed by atoms with Crippen molar-refractivity contribution in [2.24, 2.45) is 11.8 Å². The van der Waals surface area contributed by atoms with Crippen LogP contribution in [0.5, 0.6) is 0 Å². The molecule has 0 radical (unpaired) electrons. The molecule has 104 valence electrons. The molecule has 2 heterocycles. The highest BCUT2D eigenvalue weighted by atomic mass is 15.3. The van der Waals surface area contributed by atoms with Crippen LogP contribution in [0.4, 0.5) is 11.6 Å². The molecule has 5 heteroatoms. The molecule has 3 N–H and O–H groups in total. The van der Waals surface area contributed by atoms with Gasteiger partial charge in [-0.25, -0.2) is 15.8 Å². The van der Waals surface area contributed by atoms with Crippen LogP contribution in [-0.2, 0) is 0 Å². The minimum Gasteiger partial charge on any atom is -0.353 e. The fourth-order valence-electron chi connectivity index (χ4n) is 2.97. The van der Waals surface area contributed by atoms with Gasteiger partial charge in [0.2, 0.25) is 0 Å². The van der Waals surface area contributed by atoms with E-state index in [9.17, 15) is 0 Å². The zero-order valence-electron chi connectivity index (χ0n) is 11.8. The number of nitrogens with zero attached hydrogens (tertiary/aromatic N) is 3. The average Bonchev–Trinajstić information content (AvgIpc) is 3.14. The first-order chi connectivity index (χ1) is 9.19. The van der Waals surface area contributed by atoms with Gasteiger partial charge in [-0.3, -0.25) is 0 Å². The highest BCUT2D eigenvalue weighted by Crippen LogP contribution is 2.39. The number of nitrogen functional groups attached to an aromatic ring is 1. The van der Waals surface area contributed by atoms with Gasteiger partial charge in [-0.1, -0.05) is 13.8 Å². The number of anilines is 2. The lowest BCUT2D eigenvalue weighted by Gasteiger charge is -2.29. The first kappa shape index (κ1) is 12.7. The summed E-state index contributed by atoms with van der Waals surface area (Å²) in [7, 11) is 0. The van der Waals surface area contributed by atoms with Crippen molar-refractivity contribution < 1.29 is 0 Å². The van der Waals surface area contributed by atoms with Crippen molar-refractivity contribution in [2.45, 2.75) is 51.5 Å². The minimum atomic E-state index is 0.548. The van der Waals surface area contributed by atoms with E-state index in [4.69, 9.17) is 10.8 Å². The van der Waals surface area contributed by atoms with Gasteiger partial charge in [0.15, 0.2) is 0 Å². The van der Waals surface area contributed by atoms with E-state index in [1.807, 2.05) is 6.07 Å². The third kappa shape index (κ3) is 2.52. The smallest absolute Gasteiger partial charge is 0.145 e. The second-order valence-electron chi connectivity index (χ2n) is 6.04. The van der Waals surface area contributed by atoms with Crippen molar-refractivity contribution in [1.29, 1.82) is 0 Å². The van der Waals surface area contributed by atoms with Crippen LogP contribution < -0.4 is 16.2 Å². The van der Waals surface area contributed by atoms with Crippen molar-refractivity contribution in [1.82, 2.24) is 9.97 Å². The molecule has 5 nitrogen and oxygen atoms in total. The second kappa shape index (κ2) is 4.96. The summed E-state index contributed by atoms with van der Waals surface area (Å²) in [6.45, 7) is 5.66. The van der Waals surface area contributed by atoms with E-state index in [2.05, 4.69) is 29.2 Å². The van der Waals surface area contributed by atoms with E-state index in [0.717, 1.165) is 24.0 Å². The monoisotopic (exact) mass is 261 g/mol. The summed E-state index contributed by atoms with van der Waals surface area (Å²) in [5, 5.41) is 0. The van der Waals surface area contributed by atoms with Gasteiger partial charge < -0.3 is 10.3 Å². The standard InChI is InChI=1S/C14H23N5/c1-9(2)11-4-3-7-19(11)13-8-12(18-15)16-14(17-13)10-5-6-10/h8-11H,3-7,15H2,1-2H3,(H,16,17,18). The molecule has 0 amide bonds. The molecule has 1 aliphatic carbocycles. The van der Waals surface area contributed by atoms with Crippen molar-refractivity contribution in [3.05, 3.63) is 11.9 Å². The highest BCUT2D eigenvalue weighted by molar-refractivity contribution is 5.51. The molecular weight excluding hydrogens is 238 g/mol. The second-order valence-corrected chi connectivity index (χ2v) is 6.04. The van der Waals surface area contributed by atoms with E-state index in [0.29, 0.717) is 17.9 Å². The van der Waals surface area contributed by atoms with E-state index in [1.54, 1.807) is 0 Å². The van der Waals surface area contributed by atoms with Crippen LogP contribution in [0.25, 0.3) is 0 Å². The van der Waals surface area contributed by atoms with E-state index >= 15 is 0 Å². The predicted molar refractivity (Wildman–Crippen MR) is 77.0 cm³/mol. The summed E-state index contributed by atoms with van der Waals surface area (Å²) in [5.74, 6) is 9.48. The summed E-state index contributed by atoms with van der Waals surface area (Å²) in [6, 6.07) is 2.57. The van der Waals surface area contributed by atoms with Gasteiger partial charge in [-0.2, -0.15) is 0 Å². The average molecular weight is 261 g/mol. The SMILES string of the molecule is CC(C)C1CCCN1c1cc(NN)nc(C2CC2)n1. The number of nitrogens with one attached hydrogen (secondary N) is 1. The Morgan fingerprint density at radius 1 is 1.32 bits per heavy atom. The van der Waals surface area contributed by atoms with Crippen LogP contribution in [0, 0.1) is 5.92 Å². The number of hydrazine groups is 1. The van der Waals surface area contributed by atoms with E-state index in [-0.39, 0.29) is 0 Å². The number of rotatable bonds is 4. The summed E-state index contributed by atoms with van der Waals surface area (Å²) in [5.41, 5.74) is 2.68. The maximum absolute atomic E-state index is 5.54. The van der Waals surface area contributed by atoms with Gasteiger partial charge in [0.05, 0.1) is 0 Å². The largest absolute Gasteiger partial charge is 0.353 e. The van der Waals surface area contributed by atoms with Crippen LogP contribution in [-0.4, -0.2) is 22.6 Å².